The maximum atomic E-state index is 6.17. The van der Waals surface area contributed by atoms with Crippen LogP contribution < -0.4 is 5.46 Å². The summed E-state index contributed by atoms with van der Waals surface area (Å²) in [5.74, 6) is 0. The fourth-order valence-electron chi connectivity index (χ4n) is 1.80. The Hall–Kier alpha value is -0.575. The number of rotatable bonds is 1. The molecule has 0 spiro atoms. The molecule has 0 radical (unpaired) electrons. The molecule has 3 nitrogen and oxygen atoms in total. The summed E-state index contributed by atoms with van der Waals surface area (Å²) in [5.41, 5.74) is 1.16. The standard InChI is InChI=1S/C12H17BClNO2/c1-8-6-15-7-9(14)10(8)13-16-11(2,3)12(4,5)17-13/h6-7H,1-5H3. The van der Waals surface area contributed by atoms with E-state index in [0.717, 1.165) is 11.0 Å². The molecule has 1 aromatic heterocycles. The van der Waals surface area contributed by atoms with E-state index in [1.54, 1.807) is 12.4 Å². The van der Waals surface area contributed by atoms with Crippen molar-refractivity contribution in [3.8, 4) is 0 Å². The minimum Gasteiger partial charge on any atom is -0.399 e. The smallest absolute Gasteiger partial charge is 0.399 e. The van der Waals surface area contributed by atoms with Gasteiger partial charge in [-0.1, -0.05) is 11.6 Å². The molecular formula is C12H17BClNO2. The highest BCUT2D eigenvalue weighted by atomic mass is 35.5. The third kappa shape index (κ3) is 2.10. The molecule has 0 bridgehead atoms. The molecule has 2 rings (SSSR count). The van der Waals surface area contributed by atoms with Crippen molar-refractivity contribution in [3.05, 3.63) is 23.0 Å². The molecule has 1 aromatic rings. The molecule has 5 heteroatoms. The zero-order chi connectivity index (χ0) is 12.8. The van der Waals surface area contributed by atoms with E-state index in [1.807, 2.05) is 34.6 Å². The first-order chi connectivity index (χ1) is 7.74. The summed E-state index contributed by atoms with van der Waals surface area (Å²) >= 11 is 6.17. The molecule has 1 aliphatic rings. The average Bonchev–Trinajstić information content (AvgIpc) is 2.35. The van der Waals surface area contributed by atoms with E-state index in [9.17, 15) is 0 Å². The zero-order valence-electron chi connectivity index (χ0n) is 10.9. The lowest BCUT2D eigenvalue weighted by atomic mass is 9.77. The molecule has 17 heavy (non-hydrogen) atoms. The lowest BCUT2D eigenvalue weighted by Gasteiger charge is -2.32. The van der Waals surface area contributed by atoms with E-state index in [4.69, 9.17) is 20.9 Å². The van der Waals surface area contributed by atoms with Crippen molar-refractivity contribution in [2.45, 2.75) is 45.8 Å². The van der Waals surface area contributed by atoms with Gasteiger partial charge in [-0.2, -0.15) is 0 Å². The third-order valence-electron chi connectivity index (χ3n) is 3.63. The summed E-state index contributed by atoms with van der Waals surface area (Å²) in [7, 11) is -0.421. The van der Waals surface area contributed by atoms with Crippen LogP contribution in [0.15, 0.2) is 12.4 Å². The predicted octanol–water partition coefficient (Wildman–Crippen LogP) is 2.34. The minimum atomic E-state index is -0.421. The summed E-state index contributed by atoms with van der Waals surface area (Å²) in [4.78, 5) is 4.05. The first-order valence-corrected chi connectivity index (χ1v) is 6.08. The first kappa shape index (κ1) is 12.9. The van der Waals surface area contributed by atoms with Crippen molar-refractivity contribution in [2.24, 2.45) is 0 Å². The van der Waals surface area contributed by atoms with Crippen LogP contribution in [-0.4, -0.2) is 23.3 Å². The quantitative estimate of drug-likeness (QED) is 0.720. The second kappa shape index (κ2) is 3.97. The molecule has 92 valence electrons. The number of nitrogens with zero attached hydrogens (tertiary/aromatic N) is 1. The number of aromatic nitrogens is 1. The van der Waals surface area contributed by atoms with Crippen molar-refractivity contribution in [1.29, 1.82) is 0 Å². The van der Waals surface area contributed by atoms with Crippen molar-refractivity contribution in [1.82, 2.24) is 4.98 Å². The molecule has 2 heterocycles. The Labute approximate surface area is 108 Å². The summed E-state index contributed by atoms with van der Waals surface area (Å²) in [6.07, 6.45) is 3.39. The van der Waals surface area contributed by atoms with Crippen LogP contribution in [0.3, 0.4) is 0 Å². The number of hydrogen-bond acceptors (Lipinski definition) is 3. The molecule has 0 amide bonds. The van der Waals surface area contributed by atoms with Gasteiger partial charge in [0.15, 0.2) is 0 Å². The molecule has 0 N–H and O–H groups in total. The van der Waals surface area contributed by atoms with Gasteiger partial charge in [-0.15, -0.1) is 0 Å². The predicted molar refractivity (Wildman–Crippen MR) is 69.7 cm³/mol. The monoisotopic (exact) mass is 253 g/mol. The molecule has 1 saturated heterocycles. The molecule has 0 atom stereocenters. The second-order valence-electron chi connectivity index (χ2n) is 5.44. The van der Waals surface area contributed by atoms with Gasteiger partial charge in [0.1, 0.15) is 0 Å². The Morgan fingerprint density at radius 3 is 2.12 bits per heavy atom. The lowest BCUT2D eigenvalue weighted by molar-refractivity contribution is 0.00578. The Morgan fingerprint density at radius 2 is 1.65 bits per heavy atom. The highest BCUT2D eigenvalue weighted by molar-refractivity contribution is 6.66. The van der Waals surface area contributed by atoms with Crippen LogP contribution in [-0.2, 0) is 9.31 Å². The van der Waals surface area contributed by atoms with Crippen LogP contribution in [0.4, 0.5) is 0 Å². The topological polar surface area (TPSA) is 31.4 Å². The molecule has 0 aromatic carbocycles. The van der Waals surface area contributed by atoms with Gasteiger partial charge in [0.2, 0.25) is 0 Å². The van der Waals surface area contributed by atoms with Gasteiger partial charge in [-0.25, -0.2) is 0 Å². The number of aryl methyl sites for hydroxylation is 1. The SMILES string of the molecule is Cc1cncc(Cl)c1B1OC(C)(C)C(C)(C)O1. The summed E-state index contributed by atoms with van der Waals surface area (Å²) in [6, 6.07) is 0. The summed E-state index contributed by atoms with van der Waals surface area (Å²) < 4.78 is 12.0. The third-order valence-corrected chi connectivity index (χ3v) is 3.93. The van der Waals surface area contributed by atoms with Crippen LogP contribution in [0.2, 0.25) is 5.02 Å². The van der Waals surface area contributed by atoms with Crippen LogP contribution in [0.5, 0.6) is 0 Å². The van der Waals surface area contributed by atoms with E-state index in [0.29, 0.717) is 5.02 Å². The number of pyridine rings is 1. The van der Waals surface area contributed by atoms with Gasteiger partial charge in [-0.05, 0) is 40.2 Å². The van der Waals surface area contributed by atoms with Crippen molar-refractivity contribution in [2.75, 3.05) is 0 Å². The van der Waals surface area contributed by atoms with E-state index < -0.39 is 7.12 Å². The minimum absolute atomic E-state index is 0.350. The highest BCUT2D eigenvalue weighted by Gasteiger charge is 2.52. The second-order valence-corrected chi connectivity index (χ2v) is 5.85. The Kier molecular flexibility index (Phi) is 3.01. The van der Waals surface area contributed by atoms with Crippen molar-refractivity contribution in [3.63, 3.8) is 0 Å². The van der Waals surface area contributed by atoms with Gasteiger partial charge in [0.05, 0.1) is 16.2 Å². The fourth-order valence-corrected chi connectivity index (χ4v) is 2.10. The summed E-state index contributed by atoms with van der Waals surface area (Å²) in [6.45, 7) is 10.1. The highest BCUT2D eigenvalue weighted by Crippen LogP contribution is 2.37. The molecule has 0 aliphatic carbocycles. The fraction of sp³-hybridized carbons (Fsp3) is 0.583. The van der Waals surface area contributed by atoms with Gasteiger partial charge in [-0.3, -0.25) is 4.98 Å². The van der Waals surface area contributed by atoms with Gasteiger partial charge in [0.25, 0.3) is 0 Å². The number of halogens is 1. The van der Waals surface area contributed by atoms with Crippen LogP contribution in [0.1, 0.15) is 33.3 Å². The van der Waals surface area contributed by atoms with Gasteiger partial charge >= 0.3 is 7.12 Å². The molecule has 0 unspecified atom stereocenters. The Morgan fingerprint density at radius 1 is 1.12 bits per heavy atom. The van der Waals surface area contributed by atoms with Crippen molar-refractivity contribution >= 4 is 24.2 Å². The Balaban J connectivity index is 2.39. The van der Waals surface area contributed by atoms with Crippen molar-refractivity contribution < 1.29 is 9.31 Å². The molecule has 1 aliphatic heterocycles. The normalized spacial score (nSPS) is 21.9. The molecule has 0 saturated carbocycles. The van der Waals surface area contributed by atoms with Crippen LogP contribution in [0, 0.1) is 6.92 Å². The maximum absolute atomic E-state index is 6.17. The van der Waals surface area contributed by atoms with E-state index in [2.05, 4.69) is 4.98 Å². The first-order valence-electron chi connectivity index (χ1n) is 5.70. The lowest BCUT2D eigenvalue weighted by Crippen LogP contribution is -2.41. The molecule has 1 fully saturated rings. The van der Waals surface area contributed by atoms with Gasteiger partial charge in [0, 0.05) is 17.9 Å². The van der Waals surface area contributed by atoms with E-state index in [-0.39, 0.29) is 11.2 Å². The zero-order valence-corrected chi connectivity index (χ0v) is 11.6. The Bertz CT molecular complexity index is 412. The summed E-state index contributed by atoms with van der Waals surface area (Å²) in [5, 5.41) is 0.587. The van der Waals surface area contributed by atoms with E-state index in [1.165, 1.54) is 0 Å². The molecular weight excluding hydrogens is 236 g/mol. The maximum Gasteiger partial charge on any atom is 0.496 e. The van der Waals surface area contributed by atoms with E-state index >= 15 is 0 Å². The van der Waals surface area contributed by atoms with Crippen LogP contribution >= 0.6 is 11.6 Å². The van der Waals surface area contributed by atoms with Gasteiger partial charge < -0.3 is 9.31 Å². The number of hydrogen-bond donors (Lipinski definition) is 0. The largest absolute Gasteiger partial charge is 0.496 e. The van der Waals surface area contributed by atoms with Crippen LogP contribution in [0.25, 0.3) is 0 Å². The average molecular weight is 254 g/mol.